The summed E-state index contributed by atoms with van der Waals surface area (Å²) in [6.45, 7) is 2.88. The van der Waals surface area contributed by atoms with Gasteiger partial charge in [0.2, 0.25) is 9.84 Å². The molecular formula is C25H27Cl2NO5S. The number of aliphatic hydroxyl groups excluding tert-OH is 1. The van der Waals surface area contributed by atoms with Crippen LogP contribution in [0.5, 0.6) is 0 Å². The minimum absolute atomic E-state index is 0. The third-order valence-electron chi connectivity index (χ3n) is 5.05. The van der Waals surface area contributed by atoms with Gasteiger partial charge in [0.05, 0.1) is 28.1 Å². The van der Waals surface area contributed by atoms with E-state index in [2.05, 4.69) is 5.32 Å². The molecule has 182 valence electrons. The second-order valence-electron chi connectivity index (χ2n) is 7.42. The quantitative estimate of drug-likeness (QED) is 0.297. The number of ether oxygens (including phenoxy) is 1. The molecule has 6 nitrogen and oxygen atoms in total. The van der Waals surface area contributed by atoms with E-state index >= 15 is 0 Å². The Morgan fingerprint density at radius 1 is 1.03 bits per heavy atom. The fourth-order valence-corrected chi connectivity index (χ4v) is 4.82. The van der Waals surface area contributed by atoms with Gasteiger partial charge >= 0.3 is 5.97 Å². The summed E-state index contributed by atoms with van der Waals surface area (Å²) < 4.78 is 31.0. The van der Waals surface area contributed by atoms with Crippen LogP contribution in [0.4, 0.5) is 0 Å². The number of carbonyl (C=O) groups is 1. The number of sulfone groups is 1. The molecule has 0 unspecified atom stereocenters. The van der Waals surface area contributed by atoms with Crippen molar-refractivity contribution in [3.63, 3.8) is 0 Å². The van der Waals surface area contributed by atoms with Crippen molar-refractivity contribution in [1.82, 2.24) is 5.32 Å². The second kappa shape index (κ2) is 12.9. The molecule has 0 bridgehead atoms. The van der Waals surface area contributed by atoms with Crippen LogP contribution in [0.1, 0.15) is 34.5 Å². The van der Waals surface area contributed by atoms with Crippen molar-refractivity contribution in [2.75, 3.05) is 19.7 Å². The summed E-state index contributed by atoms with van der Waals surface area (Å²) in [5.41, 5.74) is 1.89. The van der Waals surface area contributed by atoms with E-state index in [1.165, 1.54) is 24.3 Å². The van der Waals surface area contributed by atoms with Crippen LogP contribution in [0.2, 0.25) is 5.02 Å². The zero-order valence-electron chi connectivity index (χ0n) is 18.6. The molecule has 0 aliphatic heterocycles. The van der Waals surface area contributed by atoms with Gasteiger partial charge < -0.3 is 15.2 Å². The number of rotatable bonds is 10. The van der Waals surface area contributed by atoms with Gasteiger partial charge in [-0.2, -0.15) is 0 Å². The first-order chi connectivity index (χ1) is 15.8. The molecule has 0 aliphatic carbocycles. The fourth-order valence-electron chi connectivity index (χ4n) is 3.29. The minimum atomic E-state index is -3.73. The lowest BCUT2D eigenvalue weighted by molar-refractivity contribution is 0.0526. The first-order valence-corrected chi connectivity index (χ1v) is 12.4. The normalized spacial score (nSPS) is 12.0. The number of benzene rings is 3. The highest BCUT2D eigenvalue weighted by molar-refractivity contribution is 7.91. The van der Waals surface area contributed by atoms with Gasteiger partial charge in [-0.25, -0.2) is 13.2 Å². The molecule has 0 aromatic heterocycles. The third-order valence-corrected chi connectivity index (χ3v) is 7.05. The van der Waals surface area contributed by atoms with Crippen molar-refractivity contribution in [1.29, 1.82) is 0 Å². The third kappa shape index (κ3) is 7.29. The topological polar surface area (TPSA) is 92.7 Å². The molecule has 3 rings (SSSR count). The molecule has 0 saturated heterocycles. The summed E-state index contributed by atoms with van der Waals surface area (Å²) in [6, 6.07) is 19.5. The largest absolute Gasteiger partial charge is 0.462 e. The molecule has 3 aromatic carbocycles. The minimum Gasteiger partial charge on any atom is -0.462 e. The van der Waals surface area contributed by atoms with Crippen molar-refractivity contribution in [3.8, 4) is 0 Å². The summed E-state index contributed by atoms with van der Waals surface area (Å²) in [5, 5.41) is 14.0. The number of hydrogen-bond donors (Lipinski definition) is 2. The lowest BCUT2D eigenvalue weighted by Gasteiger charge is -2.13. The number of carbonyl (C=O) groups excluding carboxylic acids is 1. The van der Waals surface area contributed by atoms with Crippen molar-refractivity contribution < 1.29 is 23.1 Å². The molecule has 0 heterocycles. The van der Waals surface area contributed by atoms with Crippen LogP contribution in [0, 0.1) is 0 Å². The van der Waals surface area contributed by atoms with Crippen LogP contribution in [-0.2, 0) is 21.0 Å². The summed E-state index contributed by atoms with van der Waals surface area (Å²) in [5.74, 6) is -0.489. The first kappa shape index (κ1) is 27.8. The summed E-state index contributed by atoms with van der Waals surface area (Å²) in [6.07, 6.45) is -0.0963. The first-order valence-electron chi connectivity index (χ1n) is 10.6. The number of halogens is 2. The number of hydrogen-bond acceptors (Lipinski definition) is 6. The van der Waals surface area contributed by atoms with Crippen LogP contribution in [-0.4, -0.2) is 39.2 Å². The molecule has 3 aromatic rings. The molecule has 0 amide bonds. The Kier molecular flexibility index (Phi) is 10.5. The molecule has 1 atom stereocenters. The van der Waals surface area contributed by atoms with Gasteiger partial charge in [0, 0.05) is 11.6 Å². The summed E-state index contributed by atoms with van der Waals surface area (Å²) >= 11 is 5.96. The van der Waals surface area contributed by atoms with Crippen LogP contribution in [0.25, 0.3) is 0 Å². The number of nitrogens with one attached hydrogen (secondary N) is 1. The Bertz CT molecular complexity index is 1200. The number of esters is 1. The smallest absolute Gasteiger partial charge is 0.338 e. The average Bonchev–Trinajstić information content (AvgIpc) is 2.82. The van der Waals surface area contributed by atoms with Gasteiger partial charge in [-0.3, -0.25) is 0 Å². The van der Waals surface area contributed by atoms with Crippen LogP contribution >= 0.6 is 24.0 Å². The summed E-state index contributed by atoms with van der Waals surface area (Å²) in [4.78, 5) is 12.1. The Hall–Kier alpha value is -2.42. The maximum absolute atomic E-state index is 13.0. The predicted octanol–water partition coefficient (Wildman–Crippen LogP) is 4.64. The van der Waals surface area contributed by atoms with E-state index in [4.69, 9.17) is 16.3 Å². The fraction of sp³-hybridized carbons (Fsp3) is 0.240. The molecule has 0 spiro atoms. The lowest BCUT2D eigenvalue weighted by atomic mass is 10.1. The van der Waals surface area contributed by atoms with Crippen LogP contribution < -0.4 is 5.32 Å². The molecular weight excluding hydrogens is 497 g/mol. The van der Waals surface area contributed by atoms with Crippen LogP contribution in [0.3, 0.4) is 0 Å². The van der Waals surface area contributed by atoms with Crippen molar-refractivity contribution in [2.45, 2.75) is 29.2 Å². The monoisotopic (exact) mass is 523 g/mol. The molecule has 9 heteroatoms. The van der Waals surface area contributed by atoms with E-state index < -0.39 is 21.9 Å². The van der Waals surface area contributed by atoms with Crippen molar-refractivity contribution in [2.24, 2.45) is 0 Å². The van der Waals surface area contributed by atoms with Gasteiger partial charge in [0.1, 0.15) is 0 Å². The highest BCUT2D eigenvalue weighted by atomic mass is 35.5. The Morgan fingerprint density at radius 3 is 2.41 bits per heavy atom. The van der Waals surface area contributed by atoms with E-state index in [1.54, 1.807) is 43.3 Å². The summed E-state index contributed by atoms with van der Waals surface area (Å²) in [7, 11) is -3.73. The van der Waals surface area contributed by atoms with E-state index in [9.17, 15) is 18.3 Å². The maximum atomic E-state index is 13.0. The van der Waals surface area contributed by atoms with E-state index in [0.717, 1.165) is 11.1 Å². The highest BCUT2D eigenvalue weighted by Gasteiger charge is 2.19. The molecule has 0 saturated carbocycles. The lowest BCUT2D eigenvalue weighted by Crippen LogP contribution is -2.23. The average molecular weight is 524 g/mol. The van der Waals surface area contributed by atoms with Crippen molar-refractivity contribution in [3.05, 3.63) is 94.5 Å². The SMILES string of the molecule is CCOC(=O)c1ccc(S(=O)(=O)c2cccc(CCNC[C@@H](O)c3cccc(Cl)c3)c2)cc1.Cl. The Labute approximate surface area is 211 Å². The maximum Gasteiger partial charge on any atom is 0.338 e. The van der Waals surface area contributed by atoms with Gasteiger partial charge in [-0.1, -0.05) is 35.9 Å². The Balaban J connectivity index is 0.00000408. The standard InChI is InChI=1S/C25H26ClNO5S.ClH/c1-2-32-25(29)19-9-11-22(12-10-19)33(30,31)23-8-3-5-18(15-23)13-14-27-17-24(28)20-6-4-7-21(26)16-20;/h3-12,15-16,24,27-28H,2,13-14,17H2,1H3;1H/t24-;/m1./s1. The molecule has 0 fully saturated rings. The zero-order chi connectivity index (χ0) is 23.8. The highest BCUT2D eigenvalue weighted by Crippen LogP contribution is 2.23. The Morgan fingerprint density at radius 2 is 1.74 bits per heavy atom. The number of aliphatic hydroxyl groups is 1. The molecule has 0 aliphatic rings. The molecule has 34 heavy (non-hydrogen) atoms. The zero-order valence-corrected chi connectivity index (χ0v) is 21.0. The van der Waals surface area contributed by atoms with E-state index in [-0.39, 0.29) is 28.8 Å². The van der Waals surface area contributed by atoms with Gasteiger partial charge in [-0.05, 0) is 79.5 Å². The van der Waals surface area contributed by atoms with Gasteiger partial charge in [-0.15, -0.1) is 12.4 Å². The van der Waals surface area contributed by atoms with E-state index in [1.807, 2.05) is 12.1 Å². The van der Waals surface area contributed by atoms with Crippen molar-refractivity contribution >= 4 is 39.8 Å². The predicted molar refractivity (Wildman–Crippen MR) is 135 cm³/mol. The van der Waals surface area contributed by atoms with Gasteiger partial charge in [0.25, 0.3) is 0 Å². The second-order valence-corrected chi connectivity index (χ2v) is 9.81. The van der Waals surface area contributed by atoms with Gasteiger partial charge in [0.15, 0.2) is 0 Å². The van der Waals surface area contributed by atoms with Crippen LogP contribution in [0.15, 0.2) is 82.6 Å². The molecule has 0 radical (unpaired) electrons. The van der Waals surface area contributed by atoms with E-state index in [0.29, 0.717) is 30.1 Å². The molecule has 2 N–H and O–H groups in total.